The maximum absolute atomic E-state index is 11.9. The van der Waals surface area contributed by atoms with Crippen molar-refractivity contribution in [2.24, 2.45) is 0 Å². The Morgan fingerprint density at radius 1 is 1.04 bits per heavy atom. The fraction of sp³-hybridized carbons (Fsp3) is 0.652. The summed E-state index contributed by atoms with van der Waals surface area (Å²) < 4.78 is 7.22. The highest BCUT2D eigenvalue weighted by atomic mass is 16.5. The molecule has 1 aromatic heterocycles. The van der Waals surface area contributed by atoms with Crippen molar-refractivity contribution in [1.29, 1.82) is 5.26 Å². The summed E-state index contributed by atoms with van der Waals surface area (Å²) in [6, 6.07) is 3.58. The molecule has 1 aromatic rings. The van der Waals surface area contributed by atoms with Crippen molar-refractivity contribution in [3.63, 3.8) is 0 Å². The van der Waals surface area contributed by atoms with Crippen molar-refractivity contribution in [3.8, 4) is 11.8 Å². The molecule has 0 saturated heterocycles. The van der Waals surface area contributed by atoms with Gasteiger partial charge in [0.15, 0.2) is 5.69 Å². The van der Waals surface area contributed by atoms with E-state index in [0.29, 0.717) is 5.69 Å². The van der Waals surface area contributed by atoms with E-state index in [2.05, 4.69) is 19.6 Å². The van der Waals surface area contributed by atoms with Crippen LogP contribution in [0.2, 0.25) is 0 Å². The molecule has 0 radical (unpaired) electrons. The number of nitrogens with zero attached hydrogens (tertiary/aromatic N) is 2. The summed E-state index contributed by atoms with van der Waals surface area (Å²) in [5.74, 6) is 0.138. The van der Waals surface area contributed by atoms with Gasteiger partial charge in [0.25, 0.3) is 0 Å². The lowest BCUT2D eigenvalue weighted by molar-refractivity contribution is 0.353. The lowest BCUT2D eigenvalue weighted by atomic mass is 10.1. The number of hydrogen-bond donors (Lipinski definition) is 0. The Balaban J connectivity index is 2.22. The molecule has 0 saturated carbocycles. The molecule has 0 N–H and O–H groups in total. The molecule has 0 aromatic carbocycles. The molecule has 0 aliphatic carbocycles. The van der Waals surface area contributed by atoms with Crippen LogP contribution in [0.4, 0.5) is 0 Å². The van der Waals surface area contributed by atoms with Crippen LogP contribution < -0.4 is 10.2 Å². The standard InChI is InChI=1S/C23H36N2O2/c1-3-5-6-7-8-9-10-11-12-13-14-15-17-25-18-16-22(26)23(21(25)20-24)27-19-4-2/h4,16,18H,2-3,5-15,17,19H2,1H3. The summed E-state index contributed by atoms with van der Waals surface area (Å²) in [5.41, 5.74) is 0.0618. The number of aromatic nitrogens is 1. The molecule has 4 heteroatoms. The Kier molecular flexibility index (Phi) is 12.9. The van der Waals surface area contributed by atoms with Crippen LogP contribution in [0, 0.1) is 11.3 Å². The van der Waals surface area contributed by atoms with E-state index in [9.17, 15) is 10.1 Å². The zero-order valence-corrected chi connectivity index (χ0v) is 17.0. The zero-order valence-electron chi connectivity index (χ0n) is 17.0. The van der Waals surface area contributed by atoms with Crippen LogP contribution in [0.15, 0.2) is 29.7 Å². The van der Waals surface area contributed by atoms with Crippen LogP contribution >= 0.6 is 0 Å². The highest BCUT2D eigenvalue weighted by molar-refractivity contribution is 5.38. The van der Waals surface area contributed by atoms with Crippen LogP contribution in [0.1, 0.15) is 89.7 Å². The van der Waals surface area contributed by atoms with E-state index in [4.69, 9.17) is 4.74 Å². The Hall–Kier alpha value is -2.02. The second-order valence-corrected chi connectivity index (χ2v) is 7.15. The molecule has 1 heterocycles. The molecular formula is C23H36N2O2. The van der Waals surface area contributed by atoms with E-state index < -0.39 is 0 Å². The second kappa shape index (κ2) is 15.1. The van der Waals surface area contributed by atoms with Crippen molar-refractivity contribution < 1.29 is 4.74 Å². The van der Waals surface area contributed by atoms with Crippen LogP contribution in [-0.2, 0) is 6.54 Å². The van der Waals surface area contributed by atoms with Crippen molar-refractivity contribution in [1.82, 2.24) is 4.57 Å². The van der Waals surface area contributed by atoms with Gasteiger partial charge in [0, 0.05) is 18.8 Å². The quantitative estimate of drug-likeness (QED) is 0.265. The molecule has 0 spiro atoms. The summed E-state index contributed by atoms with van der Waals surface area (Å²) >= 11 is 0. The fourth-order valence-corrected chi connectivity index (χ4v) is 3.26. The lowest BCUT2D eigenvalue weighted by Gasteiger charge is -2.12. The van der Waals surface area contributed by atoms with Crippen LogP contribution in [0.3, 0.4) is 0 Å². The van der Waals surface area contributed by atoms with E-state index in [1.54, 1.807) is 12.3 Å². The van der Waals surface area contributed by atoms with Crippen molar-refractivity contribution in [2.75, 3.05) is 6.61 Å². The number of aryl methyl sites for hydroxylation is 1. The third kappa shape index (κ3) is 9.47. The number of nitriles is 1. The van der Waals surface area contributed by atoms with E-state index in [-0.39, 0.29) is 17.8 Å². The van der Waals surface area contributed by atoms with E-state index in [1.165, 1.54) is 70.3 Å². The minimum absolute atomic E-state index is 0.138. The molecule has 0 aliphatic rings. The molecule has 0 bridgehead atoms. The van der Waals surface area contributed by atoms with Gasteiger partial charge in [-0.15, -0.1) is 0 Å². The smallest absolute Gasteiger partial charge is 0.224 e. The molecule has 4 nitrogen and oxygen atoms in total. The largest absolute Gasteiger partial charge is 0.483 e. The maximum Gasteiger partial charge on any atom is 0.224 e. The normalized spacial score (nSPS) is 10.5. The van der Waals surface area contributed by atoms with Gasteiger partial charge in [0.1, 0.15) is 12.7 Å². The van der Waals surface area contributed by atoms with Gasteiger partial charge in [-0.25, -0.2) is 0 Å². The topological polar surface area (TPSA) is 55.0 Å². The zero-order chi connectivity index (χ0) is 19.7. The number of rotatable bonds is 16. The Morgan fingerprint density at radius 3 is 2.11 bits per heavy atom. The number of unbranched alkanes of at least 4 members (excludes halogenated alkanes) is 11. The average molecular weight is 373 g/mol. The minimum atomic E-state index is -0.251. The highest BCUT2D eigenvalue weighted by Gasteiger charge is 2.11. The average Bonchev–Trinajstić information content (AvgIpc) is 2.68. The molecule has 0 unspecified atom stereocenters. The third-order valence-corrected chi connectivity index (χ3v) is 4.84. The van der Waals surface area contributed by atoms with Gasteiger partial charge >= 0.3 is 0 Å². The first-order chi connectivity index (χ1) is 13.2. The third-order valence-electron chi connectivity index (χ3n) is 4.84. The summed E-state index contributed by atoms with van der Waals surface area (Å²) in [5, 5.41) is 9.40. The maximum atomic E-state index is 11.9. The summed E-state index contributed by atoms with van der Waals surface area (Å²) in [6.07, 6.45) is 18.9. The lowest BCUT2D eigenvalue weighted by Crippen LogP contribution is -2.15. The second-order valence-electron chi connectivity index (χ2n) is 7.15. The van der Waals surface area contributed by atoms with Crippen LogP contribution in [-0.4, -0.2) is 11.2 Å². The molecule has 27 heavy (non-hydrogen) atoms. The summed E-state index contributed by atoms with van der Waals surface area (Å²) in [7, 11) is 0. The molecule has 150 valence electrons. The molecule has 0 amide bonds. The SMILES string of the molecule is C=CCOc1c(C#N)n(CCCCCCCCCCCCCC)ccc1=O. The van der Waals surface area contributed by atoms with E-state index >= 15 is 0 Å². The Labute approximate surface area is 164 Å². The Bertz CT molecular complexity index is 628. The van der Waals surface area contributed by atoms with E-state index in [0.717, 1.165) is 19.4 Å². The first kappa shape index (κ1) is 23.0. The molecule has 0 aliphatic heterocycles. The van der Waals surface area contributed by atoms with Crippen molar-refractivity contribution in [3.05, 3.63) is 40.8 Å². The van der Waals surface area contributed by atoms with Gasteiger partial charge in [-0.3, -0.25) is 4.79 Å². The number of ether oxygens (including phenoxy) is 1. The van der Waals surface area contributed by atoms with Gasteiger partial charge < -0.3 is 9.30 Å². The summed E-state index contributed by atoms with van der Waals surface area (Å²) in [6.45, 7) is 6.81. The van der Waals surface area contributed by atoms with E-state index in [1.807, 2.05) is 4.57 Å². The van der Waals surface area contributed by atoms with Gasteiger partial charge in [0.05, 0.1) is 0 Å². The van der Waals surface area contributed by atoms with Gasteiger partial charge in [0.2, 0.25) is 11.2 Å². The van der Waals surface area contributed by atoms with Crippen LogP contribution in [0.5, 0.6) is 5.75 Å². The first-order valence-corrected chi connectivity index (χ1v) is 10.6. The van der Waals surface area contributed by atoms with Crippen molar-refractivity contribution in [2.45, 2.75) is 90.5 Å². The minimum Gasteiger partial charge on any atom is -0.483 e. The number of pyridine rings is 1. The van der Waals surface area contributed by atoms with Crippen LogP contribution in [0.25, 0.3) is 0 Å². The highest BCUT2D eigenvalue weighted by Crippen LogP contribution is 2.15. The predicted octanol–water partition coefficient (Wildman–Crippen LogP) is 5.99. The van der Waals surface area contributed by atoms with Gasteiger partial charge in [-0.05, 0) is 6.42 Å². The monoisotopic (exact) mass is 372 g/mol. The van der Waals surface area contributed by atoms with Gasteiger partial charge in [-0.1, -0.05) is 90.2 Å². The molecule has 0 atom stereocenters. The first-order valence-electron chi connectivity index (χ1n) is 10.6. The molecule has 1 rings (SSSR count). The fourth-order valence-electron chi connectivity index (χ4n) is 3.26. The number of hydrogen-bond acceptors (Lipinski definition) is 3. The van der Waals surface area contributed by atoms with Crippen molar-refractivity contribution >= 4 is 0 Å². The Morgan fingerprint density at radius 2 is 1.59 bits per heavy atom. The van der Waals surface area contributed by atoms with Gasteiger partial charge in [-0.2, -0.15) is 5.26 Å². The molecular weight excluding hydrogens is 336 g/mol. The molecule has 0 fully saturated rings. The summed E-state index contributed by atoms with van der Waals surface area (Å²) in [4.78, 5) is 11.9. The predicted molar refractivity (Wildman–Crippen MR) is 112 cm³/mol.